The van der Waals surface area contributed by atoms with Crippen molar-refractivity contribution < 1.29 is 18.9 Å². The molecule has 2 aliphatic heterocycles. The standard InChI is InChI=1S/C12H16N2O4S/c1-2-12-7-19(18)8(5-3-4-6-9(15)16)10(12)13-11(17)14-12/h1,8,10H,3-7H2,(H,15,16)(H2,13,14,17)/t8?,10-,12+,19?/m1/s1. The molecule has 2 rings (SSSR count). The Morgan fingerprint density at radius 1 is 1.58 bits per heavy atom. The van der Waals surface area contributed by atoms with Crippen molar-refractivity contribution in [3.05, 3.63) is 0 Å². The van der Waals surface area contributed by atoms with Crippen LogP contribution < -0.4 is 10.6 Å². The van der Waals surface area contributed by atoms with Gasteiger partial charge in [0.05, 0.1) is 17.0 Å². The van der Waals surface area contributed by atoms with Crippen molar-refractivity contribution in [1.82, 2.24) is 10.6 Å². The lowest BCUT2D eigenvalue weighted by Crippen LogP contribution is -2.49. The molecule has 0 spiro atoms. The zero-order valence-corrected chi connectivity index (χ0v) is 11.2. The fraction of sp³-hybridized carbons (Fsp3) is 0.667. The van der Waals surface area contributed by atoms with Crippen LogP contribution in [-0.4, -0.2) is 43.9 Å². The van der Waals surface area contributed by atoms with Crippen molar-refractivity contribution in [1.29, 1.82) is 0 Å². The Hall–Kier alpha value is -1.55. The van der Waals surface area contributed by atoms with Crippen LogP contribution in [0.3, 0.4) is 0 Å². The Kier molecular flexibility index (Phi) is 3.80. The average molecular weight is 284 g/mol. The van der Waals surface area contributed by atoms with Gasteiger partial charge in [-0.1, -0.05) is 12.3 Å². The monoisotopic (exact) mass is 284 g/mol. The molecule has 0 saturated carbocycles. The van der Waals surface area contributed by atoms with Crippen LogP contribution >= 0.6 is 0 Å². The summed E-state index contributed by atoms with van der Waals surface area (Å²) in [5.74, 6) is 1.99. The smallest absolute Gasteiger partial charge is 0.316 e. The first-order valence-electron chi connectivity index (χ1n) is 6.14. The fourth-order valence-electron chi connectivity index (χ4n) is 2.69. The zero-order chi connectivity index (χ0) is 14.0. The molecule has 0 aromatic heterocycles. The highest BCUT2D eigenvalue weighted by molar-refractivity contribution is 7.86. The molecule has 104 valence electrons. The molecule has 2 heterocycles. The van der Waals surface area contributed by atoms with Gasteiger partial charge in [0.1, 0.15) is 5.54 Å². The topological polar surface area (TPSA) is 95.5 Å². The summed E-state index contributed by atoms with van der Waals surface area (Å²) >= 11 is 0. The minimum absolute atomic E-state index is 0.106. The molecule has 2 unspecified atom stereocenters. The third-order valence-corrected chi connectivity index (χ3v) is 5.54. The maximum Gasteiger partial charge on any atom is 0.316 e. The van der Waals surface area contributed by atoms with E-state index in [4.69, 9.17) is 11.5 Å². The summed E-state index contributed by atoms with van der Waals surface area (Å²) in [7, 11) is -1.10. The number of carboxylic acids is 1. The molecule has 2 amide bonds. The number of unbranched alkanes of at least 4 members (excludes halogenated alkanes) is 1. The summed E-state index contributed by atoms with van der Waals surface area (Å²) in [6, 6.07) is -0.647. The molecule has 2 fully saturated rings. The van der Waals surface area contributed by atoms with E-state index in [-0.39, 0.29) is 29.5 Å². The molecular formula is C12H16N2O4S. The number of amides is 2. The van der Waals surface area contributed by atoms with Crippen LogP contribution in [0.25, 0.3) is 0 Å². The van der Waals surface area contributed by atoms with E-state index in [0.29, 0.717) is 19.3 Å². The summed E-state index contributed by atoms with van der Waals surface area (Å²) in [6.45, 7) is 0. The van der Waals surface area contributed by atoms with Gasteiger partial charge < -0.3 is 15.7 Å². The molecule has 0 aromatic rings. The second kappa shape index (κ2) is 5.21. The third-order valence-electron chi connectivity index (χ3n) is 3.62. The Labute approximate surface area is 113 Å². The van der Waals surface area contributed by atoms with Gasteiger partial charge in [-0.25, -0.2) is 4.79 Å². The van der Waals surface area contributed by atoms with Gasteiger partial charge in [-0.15, -0.1) is 6.42 Å². The predicted octanol–water partition coefficient (Wildman–Crippen LogP) is -0.184. The van der Waals surface area contributed by atoms with Gasteiger partial charge in [0, 0.05) is 17.2 Å². The summed E-state index contributed by atoms with van der Waals surface area (Å²) in [5.41, 5.74) is -0.848. The molecule has 2 aliphatic rings. The number of carboxylic acid groups (broad SMARTS) is 1. The molecule has 4 atom stereocenters. The highest BCUT2D eigenvalue weighted by Gasteiger charge is 2.57. The van der Waals surface area contributed by atoms with Gasteiger partial charge in [-0.2, -0.15) is 0 Å². The molecule has 19 heavy (non-hydrogen) atoms. The van der Waals surface area contributed by atoms with Gasteiger partial charge in [-0.05, 0) is 12.8 Å². The Morgan fingerprint density at radius 3 is 2.95 bits per heavy atom. The highest BCUT2D eigenvalue weighted by Crippen LogP contribution is 2.33. The van der Waals surface area contributed by atoms with Gasteiger partial charge in [0.25, 0.3) is 0 Å². The van der Waals surface area contributed by atoms with Crippen LogP contribution in [0.15, 0.2) is 0 Å². The Balaban J connectivity index is 1.98. The normalized spacial score (nSPS) is 36.2. The first-order chi connectivity index (χ1) is 8.98. The number of hydrogen-bond donors (Lipinski definition) is 3. The Bertz CT molecular complexity index is 473. The Morgan fingerprint density at radius 2 is 2.32 bits per heavy atom. The second-order valence-corrected chi connectivity index (χ2v) is 6.55. The van der Waals surface area contributed by atoms with E-state index in [0.717, 1.165) is 0 Å². The third kappa shape index (κ3) is 2.59. The summed E-state index contributed by atoms with van der Waals surface area (Å²) in [6.07, 6.45) is 7.39. The summed E-state index contributed by atoms with van der Waals surface area (Å²) in [5, 5.41) is 13.8. The zero-order valence-electron chi connectivity index (χ0n) is 10.3. The first kappa shape index (κ1) is 13.9. The maximum absolute atomic E-state index is 12.1. The van der Waals surface area contributed by atoms with E-state index >= 15 is 0 Å². The number of carbonyl (C=O) groups is 2. The van der Waals surface area contributed by atoms with E-state index in [1.807, 2.05) is 0 Å². The number of rotatable bonds is 5. The van der Waals surface area contributed by atoms with Crippen LogP contribution in [0.1, 0.15) is 25.7 Å². The molecule has 0 aliphatic carbocycles. The highest BCUT2D eigenvalue weighted by atomic mass is 32.2. The summed E-state index contributed by atoms with van der Waals surface area (Å²) in [4.78, 5) is 21.8. The van der Waals surface area contributed by atoms with E-state index < -0.39 is 22.3 Å². The lowest BCUT2D eigenvalue weighted by Gasteiger charge is -2.22. The fourth-order valence-corrected chi connectivity index (χ4v) is 4.72. The van der Waals surface area contributed by atoms with Crippen molar-refractivity contribution >= 4 is 22.8 Å². The van der Waals surface area contributed by atoms with Gasteiger partial charge >= 0.3 is 12.0 Å². The second-order valence-electron chi connectivity index (χ2n) is 4.89. The minimum Gasteiger partial charge on any atom is -0.481 e. The van der Waals surface area contributed by atoms with Crippen LogP contribution in [0.5, 0.6) is 0 Å². The van der Waals surface area contributed by atoms with Crippen molar-refractivity contribution in [2.45, 2.75) is 42.5 Å². The molecule has 0 bridgehead atoms. The average Bonchev–Trinajstić information content (AvgIpc) is 2.77. The van der Waals surface area contributed by atoms with E-state index in [1.165, 1.54) is 0 Å². The molecule has 7 heteroatoms. The van der Waals surface area contributed by atoms with Crippen LogP contribution in [0, 0.1) is 12.3 Å². The van der Waals surface area contributed by atoms with Gasteiger partial charge in [0.2, 0.25) is 0 Å². The quantitative estimate of drug-likeness (QED) is 0.370. The van der Waals surface area contributed by atoms with Crippen molar-refractivity contribution in [3.8, 4) is 12.3 Å². The number of fused-ring (bicyclic) bond motifs is 1. The molecule has 0 radical (unpaired) electrons. The van der Waals surface area contributed by atoms with Crippen molar-refractivity contribution in [2.75, 3.05) is 5.75 Å². The molecule has 3 N–H and O–H groups in total. The van der Waals surface area contributed by atoms with Crippen LogP contribution in [0.2, 0.25) is 0 Å². The lowest BCUT2D eigenvalue weighted by molar-refractivity contribution is -0.137. The molecule has 2 saturated heterocycles. The van der Waals surface area contributed by atoms with Gasteiger partial charge in [-0.3, -0.25) is 9.00 Å². The minimum atomic E-state index is -1.10. The van der Waals surface area contributed by atoms with E-state index in [2.05, 4.69) is 16.6 Å². The van der Waals surface area contributed by atoms with E-state index in [1.54, 1.807) is 0 Å². The lowest BCUT2D eigenvalue weighted by atomic mass is 9.91. The van der Waals surface area contributed by atoms with E-state index in [9.17, 15) is 13.8 Å². The number of hydrogen-bond acceptors (Lipinski definition) is 3. The van der Waals surface area contributed by atoms with Crippen LogP contribution in [0.4, 0.5) is 4.79 Å². The number of carbonyl (C=O) groups excluding carboxylic acids is 1. The summed E-state index contributed by atoms with van der Waals surface area (Å²) < 4.78 is 12.1. The van der Waals surface area contributed by atoms with Crippen LogP contribution in [-0.2, 0) is 15.6 Å². The molecule has 6 nitrogen and oxygen atoms in total. The largest absolute Gasteiger partial charge is 0.481 e. The maximum atomic E-state index is 12.1. The van der Waals surface area contributed by atoms with Gasteiger partial charge in [0.15, 0.2) is 0 Å². The number of urea groups is 1. The molecular weight excluding hydrogens is 268 g/mol. The number of aliphatic carboxylic acids is 1. The number of nitrogens with one attached hydrogen (secondary N) is 2. The SMILES string of the molecule is C#C[C@]12CS(=O)C(CCCCC(=O)O)[C@H]1NC(=O)N2. The van der Waals surface area contributed by atoms with Crippen molar-refractivity contribution in [2.24, 2.45) is 0 Å². The molecule has 0 aromatic carbocycles. The first-order valence-corrected chi connectivity index (χ1v) is 7.52. The number of terminal acetylenes is 1. The predicted molar refractivity (Wildman–Crippen MR) is 69.9 cm³/mol. The van der Waals surface area contributed by atoms with Crippen molar-refractivity contribution in [3.63, 3.8) is 0 Å².